The summed E-state index contributed by atoms with van der Waals surface area (Å²) in [6.45, 7) is 0. The molecule has 5 aliphatic carbocycles. The molecule has 0 aromatic carbocycles. The van der Waals surface area contributed by atoms with Crippen LogP contribution in [0.5, 0.6) is 0 Å². The molecule has 0 amide bonds. The Kier molecular flexibility index (Phi) is 1.09. The highest BCUT2D eigenvalue weighted by molar-refractivity contribution is 5.36. The van der Waals surface area contributed by atoms with Gasteiger partial charge < -0.3 is 5.11 Å². The van der Waals surface area contributed by atoms with Gasteiger partial charge in [0.15, 0.2) is 10.7 Å². The van der Waals surface area contributed by atoms with Crippen molar-refractivity contribution in [2.24, 2.45) is 47.3 Å². The van der Waals surface area contributed by atoms with Crippen LogP contribution in [-0.4, -0.2) is 5.11 Å². The van der Waals surface area contributed by atoms with Gasteiger partial charge in [0, 0.05) is 5.92 Å². The zero-order valence-corrected chi connectivity index (χ0v) is 9.08. The van der Waals surface area contributed by atoms with Crippen LogP contribution in [-0.2, 0) is 0 Å². The number of diazo groups is 1. The Morgan fingerprint density at radius 2 is 1.62 bits per heavy atom. The number of nitrogens with zero attached hydrogens (tertiary/aromatic N) is 2. The lowest BCUT2D eigenvalue weighted by molar-refractivity contribution is -0.330. The Morgan fingerprint density at radius 3 is 2.25 bits per heavy atom. The Morgan fingerprint density at radius 1 is 1.00 bits per heavy atom. The SMILES string of the molecule is N#[N+]C1=C(O)[C@@H]2[C@H](C1)[C@H]1[C@@H]3[C@H]4CC[C@H]4[C@@H]3[C@@H]21. The molecule has 0 unspecified atom stereocenters. The van der Waals surface area contributed by atoms with Crippen molar-refractivity contribution in [1.29, 1.82) is 5.39 Å². The molecule has 0 aliphatic heterocycles. The van der Waals surface area contributed by atoms with Crippen molar-refractivity contribution in [3.05, 3.63) is 16.4 Å². The van der Waals surface area contributed by atoms with Crippen LogP contribution in [0.3, 0.4) is 0 Å². The van der Waals surface area contributed by atoms with Crippen molar-refractivity contribution >= 4 is 0 Å². The third-order valence-electron chi connectivity index (χ3n) is 6.68. The normalized spacial score (nSPS) is 63.4. The van der Waals surface area contributed by atoms with Gasteiger partial charge in [-0.05, 0) is 54.3 Å². The van der Waals surface area contributed by atoms with Crippen molar-refractivity contribution in [3.63, 3.8) is 0 Å². The third-order valence-corrected chi connectivity index (χ3v) is 6.68. The van der Waals surface area contributed by atoms with Crippen LogP contribution in [0.15, 0.2) is 11.5 Å². The second-order valence-electron chi connectivity index (χ2n) is 6.54. The monoisotopic (exact) mass is 215 g/mol. The summed E-state index contributed by atoms with van der Waals surface area (Å²) in [5.41, 5.74) is 0.580. The summed E-state index contributed by atoms with van der Waals surface area (Å²) in [6.07, 6.45) is 3.73. The number of fused-ring (bicyclic) bond motifs is 10. The molecule has 3 nitrogen and oxygen atoms in total. The fraction of sp³-hybridized carbons (Fsp3) is 0.846. The highest BCUT2D eigenvalue weighted by atomic mass is 16.3. The molecule has 4 fully saturated rings. The zero-order valence-electron chi connectivity index (χ0n) is 9.08. The summed E-state index contributed by atoms with van der Waals surface area (Å²) in [6, 6.07) is 0. The number of aliphatic hydroxyl groups excluding tert-OH is 1. The molecule has 8 atom stereocenters. The highest BCUT2D eigenvalue weighted by Crippen LogP contribution is 2.82. The molecule has 16 heavy (non-hydrogen) atoms. The number of aliphatic hydroxyl groups is 1. The topological polar surface area (TPSA) is 48.4 Å². The first-order chi connectivity index (χ1) is 7.83. The number of hydrogen-bond donors (Lipinski definition) is 1. The van der Waals surface area contributed by atoms with Crippen LogP contribution >= 0.6 is 0 Å². The average Bonchev–Trinajstić information content (AvgIpc) is 2.49. The van der Waals surface area contributed by atoms with Gasteiger partial charge in [-0.25, -0.2) is 0 Å². The quantitative estimate of drug-likeness (QED) is 0.499. The van der Waals surface area contributed by atoms with Crippen LogP contribution in [0.2, 0.25) is 0 Å². The molecule has 0 bridgehead atoms. The number of rotatable bonds is 0. The van der Waals surface area contributed by atoms with E-state index in [2.05, 4.69) is 4.98 Å². The summed E-state index contributed by atoms with van der Waals surface area (Å²) >= 11 is 0. The van der Waals surface area contributed by atoms with Gasteiger partial charge >= 0.3 is 5.70 Å². The van der Waals surface area contributed by atoms with Crippen LogP contribution in [0, 0.1) is 52.7 Å². The van der Waals surface area contributed by atoms with Gasteiger partial charge in [-0.2, -0.15) is 0 Å². The molecular formula is C13H15N2O+. The molecule has 1 N–H and O–H groups in total. The first kappa shape index (κ1) is 8.11. The summed E-state index contributed by atoms with van der Waals surface area (Å²) in [4.78, 5) is 3.26. The summed E-state index contributed by atoms with van der Waals surface area (Å²) in [5, 5.41) is 18.9. The van der Waals surface area contributed by atoms with Crippen molar-refractivity contribution in [3.8, 4) is 0 Å². The minimum atomic E-state index is 0.374. The molecule has 0 saturated heterocycles. The van der Waals surface area contributed by atoms with E-state index in [4.69, 9.17) is 5.39 Å². The van der Waals surface area contributed by atoms with E-state index in [0.717, 1.165) is 41.9 Å². The van der Waals surface area contributed by atoms with Crippen LogP contribution in [0.1, 0.15) is 19.3 Å². The Balaban J connectivity index is 1.50. The fourth-order valence-corrected chi connectivity index (χ4v) is 6.07. The summed E-state index contributed by atoms with van der Waals surface area (Å²) in [7, 11) is 0. The molecule has 82 valence electrons. The molecule has 5 aliphatic rings. The van der Waals surface area contributed by atoms with Gasteiger partial charge in [0.1, 0.15) is 0 Å². The van der Waals surface area contributed by atoms with Crippen molar-refractivity contribution in [1.82, 2.24) is 0 Å². The minimum absolute atomic E-state index is 0.374. The highest BCUT2D eigenvalue weighted by Gasteiger charge is 2.79. The van der Waals surface area contributed by atoms with E-state index in [9.17, 15) is 5.11 Å². The second-order valence-corrected chi connectivity index (χ2v) is 6.54. The van der Waals surface area contributed by atoms with Crippen molar-refractivity contribution < 1.29 is 5.11 Å². The van der Waals surface area contributed by atoms with Gasteiger partial charge in [0.25, 0.3) is 0 Å². The van der Waals surface area contributed by atoms with Crippen LogP contribution in [0.4, 0.5) is 0 Å². The first-order valence-corrected chi connectivity index (χ1v) is 6.60. The molecule has 4 saturated carbocycles. The fourth-order valence-electron chi connectivity index (χ4n) is 6.07. The molecular weight excluding hydrogens is 200 g/mol. The maximum atomic E-state index is 10.0. The Hall–Kier alpha value is -1.04. The van der Waals surface area contributed by atoms with Gasteiger partial charge in [-0.3, -0.25) is 0 Å². The number of hydrogen-bond acceptors (Lipinski definition) is 2. The first-order valence-electron chi connectivity index (χ1n) is 6.60. The predicted octanol–water partition coefficient (Wildman–Crippen LogP) is 2.78. The molecule has 0 heterocycles. The zero-order chi connectivity index (χ0) is 10.6. The maximum Gasteiger partial charge on any atom is 0.398 e. The predicted molar refractivity (Wildman–Crippen MR) is 56.5 cm³/mol. The molecule has 0 spiro atoms. The molecule has 0 aromatic rings. The van der Waals surface area contributed by atoms with E-state index in [1.54, 1.807) is 0 Å². The Labute approximate surface area is 94.2 Å². The van der Waals surface area contributed by atoms with Gasteiger partial charge in [0.2, 0.25) is 5.39 Å². The van der Waals surface area contributed by atoms with Crippen LogP contribution in [0.25, 0.3) is 4.98 Å². The van der Waals surface area contributed by atoms with Gasteiger partial charge in [0.05, 0.1) is 6.42 Å². The van der Waals surface area contributed by atoms with E-state index in [1.165, 1.54) is 12.8 Å². The lowest BCUT2D eigenvalue weighted by atomic mass is 9.24. The molecule has 5 rings (SSSR count). The standard InChI is InChI=1S/C13H14N2O/c14-15-7-3-6-10-8-4-1-2-5(4)9(8)12(10)11(6)13(7)16/h4-6,8-12H,1-3H2/p+1/t4-,5+,6+,8+,9-,10-,11+,12+/m0/s1. The van der Waals surface area contributed by atoms with Gasteiger partial charge in [-0.1, -0.05) is 0 Å². The van der Waals surface area contributed by atoms with E-state index in [1.807, 2.05) is 0 Å². The molecule has 0 radical (unpaired) electrons. The van der Waals surface area contributed by atoms with Crippen molar-refractivity contribution in [2.75, 3.05) is 0 Å². The lowest BCUT2D eigenvalue weighted by Crippen LogP contribution is -2.76. The largest absolute Gasteiger partial charge is 0.505 e. The van der Waals surface area contributed by atoms with Gasteiger partial charge in [-0.15, -0.1) is 0 Å². The summed E-state index contributed by atoms with van der Waals surface area (Å²) < 4.78 is 0. The third kappa shape index (κ3) is 0.552. The van der Waals surface area contributed by atoms with Crippen LogP contribution < -0.4 is 0 Å². The number of allylic oxidation sites excluding steroid dienone is 2. The second kappa shape index (κ2) is 2.16. The van der Waals surface area contributed by atoms with E-state index in [-0.39, 0.29) is 0 Å². The van der Waals surface area contributed by atoms with E-state index >= 15 is 0 Å². The lowest BCUT2D eigenvalue weighted by Gasteiger charge is -2.80. The van der Waals surface area contributed by atoms with E-state index in [0.29, 0.717) is 23.3 Å². The molecule has 3 heteroatoms. The Bertz CT molecular complexity index is 477. The molecule has 0 aromatic heterocycles. The van der Waals surface area contributed by atoms with E-state index < -0.39 is 0 Å². The van der Waals surface area contributed by atoms with Crippen molar-refractivity contribution in [2.45, 2.75) is 19.3 Å². The maximum absolute atomic E-state index is 10.0. The smallest absolute Gasteiger partial charge is 0.398 e. The average molecular weight is 215 g/mol. The summed E-state index contributed by atoms with van der Waals surface area (Å²) in [5.74, 6) is 7.04. The minimum Gasteiger partial charge on any atom is -0.505 e.